The van der Waals surface area contributed by atoms with Crippen molar-refractivity contribution in [3.05, 3.63) is 58.1 Å². The largest absolute Gasteiger partial charge is 0.507 e. The van der Waals surface area contributed by atoms with Crippen LogP contribution in [0, 0.1) is 6.92 Å². The lowest BCUT2D eigenvalue weighted by atomic mass is 10.2. The average molecular weight is 362 g/mol. The Balaban J connectivity index is 1.86. The van der Waals surface area contributed by atoms with Gasteiger partial charge in [0.15, 0.2) is 0 Å². The lowest BCUT2D eigenvalue weighted by Gasteiger charge is -2.07. The summed E-state index contributed by atoms with van der Waals surface area (Å²) in [6.07, 6.45) is 1.39. The van der Waals surface area contributed by atoms with E-state index in [-0.39, 0.29) is 18.2 Å². The van der Waals surface area contributed by atoms with Gasteiger partial charge >= 0.3 is 0 Å². The van der Waals surface area contributed by atoms with Crippen LogP contribution in [0.25, 0.3) is 0 Å². The predicted molar refractivity (Wildman–Crippen MR) is 91.2 cm³/mol. The molecule has 0 unspecified atom stereocenters. The number of nitrogens with zero attached hydrogens (tertiary/aromatic N) is 1. The lowest BCUT2D eigenvalue weighted by molar-refractivity contribution is -0.119. The van der Waals surface area contributed by atoms with Gasteiger partial charge in [-0.1, -0.05) is 34.1 Å². The highest BCUT2D eigenvalue weighted by Crippen LogP contribution is 2.19. The SMILES string of the molecule is Cc1ccccc1NCC(=O)N/N=C/c1cc(Br)ccc1O. The molecule has 114 valence electrons. The van der Waals surface area contributed by atoms with Crippen molar-refractivity contribution in [2.75, 3.05) is 11.9 Å². The summed E-state index contributed by atoms with van der Waals surface area (Å²) in [6.45, 7) is 2.08. The zero-order valence-corrected chi connectivity index (χ0v) is 13.6. The van der Waals surface area contributed by atoms with Gasteiger partial charge in [-0.15, -0.1) is 0 Å². The van der Waals surface area contributed by atoms with Gasteiger partial charge in [0, 0.05) is 15.7 Å². The van der Waals surface area contributed by atoms with Crippen molar-refractivity contribution in [1.82, 2.24) is 5.43 Å². The third-order valence-corrected chi connectivity index (χ3v) is 3.46. The number of benzene rings is 2. The topological polar surface area (TPSA) is 73.7 Å². The van der Waals surface area contributed by atoms with Crippen LogP contribution in [0.1, 0.15) is 11.1 Å². The van der Waals surface area contributed by atoms with Crippen LogP contribution in [-0.2, 0) is 4.79 Å². The number of para-hydroxylation sites is 1. The number of carbonyl (C=O) groups is 1. The molecule has 6 heteroatoms. The Hall–Kier alpha value is -2.34. The molecule has 0 saturated heterocycles. The van der Waals surface area contributed by atoms with Crippen LogP contribution in [0.3, 0.4) is 0 Å². The highest BCUT2D eigenvalue weighted by molar-refractivity contribution is 9.10. The van der Waals surface area contributed by atoms with E-state index in [0.29, 0.717) is 5.56 Å². The number of phenolic OH excluding ortho intramolecular Hbond substituents is 1. The van der Waals surface area contributed by atoms with Gasteiger partial charge in [-0.2, -0.15) is 5.10 Å². The number of nitrogens with one attached hydrogen (secondary N) is 2. The van der Waals surface area contributed by atoms with Crippen molar-refractivity contribution in [3.8, 4) is 5.75 Å². The summed E-state index contributed by atoms with van der Waals surface area (Å²) in [4.78, 5) is 11.7. The van der Waals surface area contributed by atoms with Crippen molar-refractivity contribution < 1.29 is 9.90 Å². The second-order valence-electron chi connectivity index (χ2n) is 4.66. The standard InChI is InChI=1S/C16H16BrN3O2/c1-11-4-2-3-5-14(11)18-10-16(22)20-19-9-12-8-13(17)6-7-15(12)21/h2-9,18,21H,10H2,1H3,(H,20,22)/b19-9+. The fourth-order valence-corrected chi connectivity index (χ4v) is 2.17. The molecule has 0 aliphatic rings. The minimum absolute atomic E-state index is 0.0965. The molecule has 22 heavy (non-hydrogen) atoms. The Kier molecular flexibility index (Phi) is 5.55. The van der Waals surface area contributed by atoms with Crippen LogP contribution < -0.4 is 10.7 Å². The summed E-state index contributed by atoms with van der Waals surface area (Å²) in [5, 5.41) is 16.5. The Morgan fingerprint density at radius 3 is 2.86 bits per heavy atom. The number of rotatable bonds is 5. The molecule has 0 heterocycles. The molecule has 0 aliphatic carbocycles. The van der Waals surface area contributed by atoms with Crippen molar-refractivity contribution in [2.45, 2.75) is 6.92 Å². The summed E-state index contributed by atoms with van der Waals surface area (Å²) in [7, 11) is 0. The zero-order chi connectivity index (χ0) is 15.9. The number of amides is 1. The maximum atomic E-state index is 11.7. The Bertz CT molecular complexity index is 702. The molecule has 0 fully saturated rings. The summed E-state index contributed by atoms with van der Waals surface area (Å²) < 4.78 is 0.819. The van der Waals surface area contributed by atoms with Crippen LogP contribution in [0.15, 0.2) is 52.0 Å². The van der Waals surface area contributed by atoms with Gasteiger partial charge in [0.2, 0.25) is 0 Å². The van der Waals surface area contributed by atoms with Gasteiger partial charge in [-0.25, -0.2) is 5.43 Å². The van der Waals surface area contributed by atoms with Gasteiger partial charge in [0.25, 0.3) is 5.91 Å². The van der Waals surface area contributed by atoms with E-state index in [1.807, 2.05) is 31.2 Å². The van der Waals surface area contributed by atoms with Crippen molar-refractivity contribution in [2.24, 2.45) is 5.10 Å². The van der Waals surface area contributed by atoms with Gasteiger partial charge in [0.05, 0.1) is 12.8 Å². The highest BCUT2D eigenvalue weighted by atomic mass is 79.9. The lowest BCUT2D eigenvalue weighted by Crippen LogP contribution is -2.26. The maximum absolute atomic E-state index is 11.7. The zero-order valence-electron chi connectivity index (χ0n) is 12.0. The molecule has 0 aliphatic heterocycles. The fraction of sp³-hybridized carbons (Fsp3) is 0.125. The Morgan fingerprint density at radius 1 is 1.32 bits per heavy atom. The molecule has 2 aromatic carbocycles. The highest BCUT2D eigenvalue weighted by Gasteiger charge is 2.02. The minimum Gasteiger partial charge on any atom is -0.507 e. The quantitative estimate of drug-likeness (QED) is 0.566. The molecule has 2 aromatic rings. The van der Waals surface area contributed by atoms with Crippen LogP contribution in [0.5, 0.6) is 5.75 Å². The first-order valence-electron chi connectivity index (χ1n) is 6.66. The minimum atomic E-state index is -0.269. The first kappa shape index (κ1) is 16.0. The third-order valence-electron chi connectivity index (χ3n) is 2.97. The Morgan fingerprint density at radius 2 is 2.09 bits per heavy atom. The van der Waals surface area contributed by atoms with Crippen LogP contribution in [0.4, 0.5) is 5.69 Å². The number of phenols is 1. The molecule has 3 N–H and O–H groups in total. The number of anilines is 1. The van der Waals surface area contributed by atoms with Crippen LogP contribution in [0.2, 0.25) is 0 Å². The molecular weight excluding hydrogens is 346 g/mol. The number of aromatic hydroxyl groups is 1. The molecule has 0 radical (unpaired) electrons. The monoisotopic (exact) mass is 361 g/mol. The third kappa shape index (κ3) is 4.60. The molecule has 1 amide bonds. The average Bonchev–Trinajstić information content (AvgIpc) is 2.50. The maximum Gasteiger partial charge on any atom is 0.259 e. The van der Waals surface area contributed by atoms with Gasteiger partial charge in [-0.3, -0.25) is 4.79 Å². The van der Waals surface area contributed by atoms with Crippen LogP contribution in [-0.4, -0.2) is 23.8 Å². The van der Waals surface area contributed by atoms with Crippen molar-refractivity contribution >= 4 is 33.7 Å². The molecule has 0 atom stereocenters. The molecule has 0 saturated carbocycles. The number of halogens is 1. The van der Waals surface area contributed by atoms with Gasteiger partial charge in [-0.05, 0) is 36.8 Å². The Labute approximate surface area is 137 Å². The van der Waals surface area contributed by atoms with E-state index in [4.69, 9.17) is 0 Å². The first-order chi connectivity index (χ1) is 10.6. The van der Waals surface area contributed by atoms with E-state index >= 15 is 0 Å². The molecule has 0 aromatic heterocycles. The summed E-state index contributed by atoms with van der Waals surface area (Å²) in [5.74, 6) is -0.173. The second-order valence-corrected chi connectivity index (χ2v) is 5.58. The van der Waals surface area contributed by atoms with Crippen molar-refractivity contribution in [1.29, 1.82) is 0 Å². The summed E-state index contributed by atoms with van der Waals surface area (Å²) >= 11 is 3.30. The first-order valence-corrected chi connectivity index (χ1v) is 7.45. The second kappa shape index (κ2) is 7.61. The van der Waals surface area contributed by atoms with Gasteiger partial charge in [0.1, 0.15) is 5.75 Å². The van der Waals surface area contributed by atoms with E-state index in [2.05, 4.69) is 31.8 Å². The van der Waals surface area contributed by atoms with Crippen molar-refractivity contribution in [3.63, 3.8) is 0 Å². The fourth-order valence-electron chi connectivity index (χ4n) is 1.79. The van der Waals surface area contributed by atoms with E-state index in [0.717, 1.165) is 15.7 Å². The molecular formula is C16H16BrN3O2. The molecule has 0 bridgehead atoms. The number of hydrazone groups is 1. The molecule has 5 nitrogen and oxygen atoms in total. The van der Waals surface area contributed by atoms with Crippen LogP contribution >= 0.6 is 15.9 Å². The number of hydrogen-bond donors (Lipinski definition) is 3. The van der Waals surface area contributed by atoms with E-state index in [1.165, 1.54) is 6.21 Å². The summed E-state index contributed by atoms with van der Waals surface area (Å²) in [6, 6.07) is 12.7. The van der Waals surface area contributed by atoms with E-state index in [1.54, 1.807) is 18.2 Å². The smallest absolute Gasteiger partial charge is 0.259 e. The number of aryl methyl sites for hydroxylation is 1. The van der Waals surface area contributed by atoms with Gasteiger partial charge < -0.3 is 10.4 Å². The molecule has 0 spiro atoms. The summed E-state index contributed by atoms with van der Waals surface area (Å²) in [5.41, 5.74) is 4.90. The van der Waals surface area contributed by atoms with E-state index < -0.39 is 0 Å². The normalized spacial score (nSPS) is 10.6. The number of carbonyl (C=O) groups excluding carboxylic acids is 1. The van der Waals surface area contributed by atoms with E-state index in [9.17, 15) is 9.90 Å². The number of hydrogen-bond acceptors (Lipinski definition) is 4. The molecule has 2 rings (SSSR count). The predicted octanol–water partition coefficient (Wildman–Crippen LogP) is 3.03.